The minimum atomic E-state index is -2.64. The van der Waals surface area contributed by atoms with Crippen LogP contribution in [0, 0.1) is 18.8 Å². The number of benzene rings is 2. The second-order valence-corrected chi connectivity index (χ2v) is 11.5. The summed E-state index contributed by atoms with van der Waals surface area (Å²) < 4.78 is 0. The topological polar surface area (TPSA) is 148 Å². The fraction of sp³-hybridized carbons (Fsp3) is 0.312. The van der Waals surface area contributed by atoms with Crippen LogP contribution < -0.4 is 0 Å². The fourth-order valence-corrected chi connectivity index (χ4v) is 7.16. The zero-order valence-corrected chi connectivity index (χ0v) is 23.0. The number of ketones is 3. The van der Waals surface area contributed by atoms with Crippen LogP contribution in [-0.4, -0.2) is 73.4 Å². The van der Waals surface area contributed by atoms with Crippen LogP contribution >= 0.6 is 0 Å². The van der Waals surface area contributed by atoms with E-state index < -0.39 is 63.8 Å². The minimum absolute atomic E-state index is 0.0229. The van der Waals surface area contributed by atoms with E-state index in [1.807, 2.05) is 37.3 Å². The van der Waals surface area contributed by atoms with Gasteiger partial charge in [-0.3, -0.25) is 24.3 Å². The molecule has 210 valence electrons. The highest BCUT2D eigenvalue weighted by atomic mass is 16.3. The Morgan fingerprint density at radius 2 is 1.76 bits per heavy atom. The lowest BCUT2D eigenvalue weighted by Crippen LogP contribution is -2.65. The van der Waals surface area contributed by atoms with Crippen LogP contribution in [0.2, 0.25) is 0 Å². The third-order valence-corrected chi connectivity index (χ3v) is 8.97. The quantitative estimate of drug-likeness (QED) is 0.357. The van der Waals surface area contributed by atoms with Crippen LogP contribution in [0.5, 0.6) is 5.75 Å². The van der Waals surface area contributed by atoms with E-state index in [1.165, 1.54) is 11.1 Å². The standard InChI is InChI=1S/C32H30N2O7/c1-14-7-9-16(10-8-14)22-18-12-17-6-5-11-33-25(17)28(37)23(18)27(36)24-19(22)13-20-26(34(3)4)29(38)21(15(2)35)30(39)32(20,41)31(24)40/h5-12,19-20,22,26,36-37,39,41H,13H2,1-4H3/t19-,20+,22+,26+,32-/m1/s1. The lowest BCUT2D eigenvalue weighted by atomic mass is 9.54. The van der Waals surface area contributed by atoms with Crippen molar-refractivity contribution in [2.45, 2.75) is 37.8 Å². The summed E-state index contributed by atoms with van der Waals surface area (Å²) in [6.45, 7) is 3.04. The Hall–Kier alpha value is -4.34. The zero-order valence-electron chi connectivity index (χ0n) is 23.0. The molecule has 41 heavy (non-hydrogen) atoms. The summed E-state index contributed by atoms with van der Waals surface area (Å²) in [4.78, 5) is 46.2. The van der Waals surface area contributed by atoms with E-state index in [9.17, 15) is 34.8 Å². The molecule has 6 rings (SSSR count). The Balaban J connectivity index is 1.69. The SMILES string of the molecule is CC(=O)C1=C(O)[C@@]2(O)C(=O)C3=C(O)c4c(cc5cccnc5c4O)[C@H](c4ccc(C)cc4)[C@H]3C[C@H]2[C@H](N(C)C)C1=O. The average Bonchev–Trinajstić information content (AvgIpc) is 2.91. The van der Waals surface area contributed by atoms with Crippen molar-refractivity contribution in [1.82, 2.24) is 9.88 Å². The van der Waals surface area contributed by atoms with E-state index in [1.54, 1.807) is 26.2 Å². The molecule has 3 aliphatic carbocycles. The molecule has 0 amide bonds. The molecule has 5 atom stereocenters. The van der Waals surface area contributed by atoms with Gasteiger partial charge in [0.25, 0.3) is 0 Å². The maximum Gasteiger partial charge on any atom is 0.202 e. The third kappa shape index (κ3) is 3.55. The van der Waals surface area contributed by atoms with E-state index in [0.717, 1.165) is 18.1 Å². The molecule has 0 unspecified atom stereocenters. The van der Waals surface area contributed by atoms with Gasteiger partial charge in [-0.2, -0.15) is 0 Å². The Kier molecular flexibility index (Phi) is 5.95. The van der Waals surface area contributed by atoms with Crippen LogP contribution in [0.15, 0.2) is 65.6 Å². The van der Waals surface area contributed by atoms with Gasteiger partial charge in [-0.1, -0.05) is 35.9 Å². The summed E-state index contributed by atoms with van der Waals surface area (Å²) in [5, 5.41) is 46.9. The van der Waals surface area contributed by atoms with Gasteiger partial charge in [0.05, 0.1) is 11.6 Å². The molecule has 3 aromatic rings. The molecule has 9 heteroatoms. The van der Waals surface area contributed by atoms with Gasteiger partial charge in [0.1, 0.15) is 22.6 Å². The van der Waals surface area contributed by atoms with Crippen molar-refractivity contribution in [2.24, 2.45) is 11.8 Å². The zero-order chi connectivity index (χ0) is 29.5. The molecular formula is C32H30N2O7. The number of hydrogen-bond donors (Lipinski definition) is 4. The molecule has 2 aromatic carbocycles. The molecule has 9 nitrogen and oxygen atoms in total. The monoisotopic (exact) mass is 554 g/mol. The largest absolute Gasteiger partial charge is 0.508 e. The molecular weight excluding hydrogens is 524 g/mol. The number of carbonyl (C=O) groups excluding carboxylic acids is 3. The fourth-order valence-electron chi connectivity index (χ4n) is 7.16. The number of Topliss-reactive ketones (excluding diaryl/α,β-unsaturated/α-hetero) is 3. The van der Waals surface area contributed by atoms with Crippen molar-refractivity contribution in [3.8, 4) is 5.75 Å². The van der Waals surface area contributed by atoms with Gasteiger partial charge >= 0.3 is 0 Å². The first kappa shape index (κ1) is 26.9. The van der Waals surface area contributed by atoms with Crippen molar-refractivity contribution >= 4 is 34.0 Å². The Labute approximate surface area is 236 Å². The summed E-state index contributed by atoms with van der Waals surface area (Å²) in [5.41, 5.74) is -0.784. The number of fused-ring (bicyclic) bond motifs is 4. The Morgan fingerprint density at radius 3 is 2.39 bits per heavy atom. The molecule has 0 aliphatic heterocycles. The number of aromatic nitrogens is 1. The van der Waals surface area contributed by atoms with Gasteiger partial charge in [-0.15, -0.1) is 0 Å². The first-order valence-corrected chi connectivity index (χ1v) is 13.4. The third-order valence-electron chi connectivity index (χ3n) is 8.97. The van der Waals surface area contributed by atoms with Crippen LogP contribution in [0.3, 0.4) is 0 Å². The highest BCUT2D eigenvalue weighted by Crippen LogP contribution is 2.58. The number of aliphatic hydroxyl groups excluding tert-OH is 2. The first-order chi connectivity index (χ1) is 19.4. The number of hydrogen-bond acceptors (Lipinski definition) is 9. The van der Waals surface area contributed by atoms with Crippen LogP contribution in [0.1, 0.15) is 41.5 Å². The Bertz CT molecular complexity index is 1740. The number of rotatable bonds is 3. The minimum Gasteiger partial charge on any atom is -0.508 e. The molecule has 1 heterocycles. The van der Waals surface area contributed by atoms with E-state index >= 15 is 0 Å². The number of phenolic OH excluding ortho intramolecular Hbond substituents is 1. The van der Waals surface area contributed by atoms with Crippen molar-refractivity contribution < 1.29 is 34.8 Å². The summed E-state index contributed by atoms with van der Waals surface area (Å²) in [6, 6.07) is 12.0. The van der Waals surface area contributed by atoms with Gasteiger partial charge in [0.2, 0.25) is 5.78 Å². The molecule has 4 N–H and O–H groups in total. The van der Waals surface area contributed by atoms with Gasteiger partial charge in [-0.25, -0.2) is 0 Å². The van der Waals surface area contributed by atoms with Crippen molar-refractivity contribution in [3.63, 3.8) is 0 Å². The van der Waals surface area contributed by atoms with E-state index in [4.69, 9.17) is 0 Å². The Morgan fingerprint density at radius 1 is 1.07 bits per heavy atom. The second kappa shape index (κ2) is 9.09. The maximum absolute atomic E-state index is 14.4. The van der Waals surface area contributed by atoms with Crippen molar-refractivity contribution in [2.75, 3.05) is 14.1 Å². The summed E-state index contributed by atoms with van der Waals surface area (Å²) >= 11 is 0. The van der Waals surface area contributed by atoms with Gasteiger partial charge in [0.15, 0.2) is 22.9 Å². The molecule has 1 fully saturated rings. The summed E-state index contributed by atoms with van der Waals surface area (Å²) in [5.74, 6) is -6.68. The second-order valence-electron chi connectivity index (χ2n) is 11.5. The number of aromatic hydroxyl groups is 1. The van der Waals surface area contributed by atoms with Gasteiger partial charge in [0, 0.05) is 34.9 Å². The highest BCUT2D eigenvalue weighted by molar-refractivity contribution is 6.25. The number of aliphatic hydroxyl groups is 3. The predicted octanol–water partition coefficient (Wildman–Crippen LogP) is 3.51. The lowest BCUT2D eigenvalue weighted by molar-refractivity contribution is -0.154. The van der Waals surface area contributed by atoms with Crippen LogP contribution in [0.25, 0.3) is 16.7 Å². The summed E-state index contributed by atoms with van der Waals surface area (Å²) in [7, 11) is 3.22. The van der Waals surface area contributed by atoms with E-state index in [2.05, 4.69) is 4.98 Å². The van der Waals surface area contributed by atoms with Gasteiger partial charge < -0.3 is 20.4 Å². The smallest absolute Gasteiger partial charge is 0.202 e. The number of aryl methyl sites for hydroxylation is 1. The molecule has 0 spiro atoms. The first-order valence-electron chi connectivity index (χ1n) is 13.4. The number of carbonyl (C=O) groups is 3. The average molecular weight is 555 g/mol. The predicted molar refractivity (Wildman–Crippen MR) is 150 cm³/mol. The van der Waals surface area contributed by atoms with Crippen molar-refractivity contribution in [3.05, 3.63) is 87.8 Å². The molecule has 1 saturated carbocycles. The molecule has 1 aromatic heterocycles. The van der Waals surface area contributed by atoms with Gasteiger partial charge in [-0.05, 0) is 57.6 Å². The number of phenols is 1. The lowest BCUT2D eigenvalue weighted by Gasteiger charge is -2.51. The molecule has 0 radical (unpaired) electrons. The molecule has 0 saturated heterocycles. The highest BCUT2D eigenvalue weighted by Gasteiger charge is 2.65. The van der Waals surface area contributed by atoms with Crippen molar-refractivity contribution in [1.29, 1.82) is 0 Å². The number of nitrogens with zero attached hydrogens (tertiary/aromatic N) is 2. The van der Waals surface area contributed by atoms with E-state index in [0.29, 0.717) is 10.9 Å². The molecule has 3 aliphatic rings. The normalized spacial score (nSPS) is 27.7. The maximum atomic E-state index is 14.4. The molecule has 0 bridgehead atoms. The summed E-state index contributed by atoms with van der Waals surface area (Å²) in [6.07, 6.45) is 1.53. The number of pyridine rings is 1. The van der Waals surface area contributed by atoms with Crippen LogP contribution in [-0.2, 0) is 14.4 Å². The van der Waals surface area contributed by atoms with Crippen LogP contribution in [0.4, 0.5) is 0 Å². The van der Waals surface area contributed by atoms with E-state index in [-0.39, 0.29) is 28.8 Å². The number of likely N-dealkylation sites (N-methyl/N-ethyl adjacent to an activating group) is 1.